The SMILES string of the molecule is COC(CNS(=O)(=O)N1CC(C)OC(C)C1)C(=O)O. The number of ether oxygens (including phenoxy) is 2. The number of nitrogens with one attached hydrogen (secondary N) is 1. The largest absolute Gasteiger partial charge is 0.479 e. The van der Waals surface area contributed by atoms with E-state index in [2.05, 4.69) is 9.46 Å². The van der Waals surface area contributed by atoms with Gasteiger partial charge >= 0.3 is 5.97 Å². The van der Waals surface area contributed by atoms with Crippen LogP contribution in [0, 0.1) is 0 Å². The van der Waals surface area contributed by atoms with Gasteiger partial charge in [0.05, 0.1) is 12.2 Å². The molecule has 112 valence electrons. The minimum absolute atomic E-state index is 0.196. The number of nitrogens with zero attached hydrogens (tertiary/aromatic N) is 1. The van der Waals surface area contributed by atoms with E-state index in [1.807, 2.05) is 0 Å². The Labute approximate surface area is 112 Å². The summed E-state index contributed by atoms with van der Waals surface area (Å²) in [6.07, 6.45) is -1.60. The van der Waals surface area contributed by atoms with E-state index in [-0.39, 0.29) is 31.8 Å². The maximum atomic E-state index is 12.0. The second kappa shape index (κ2) is 6.62. The Hall–Kier alpha value is -0.740. The van der Waals surface area contributed by atoms with Crippen LogP contribution in [-0.2, 0) is 24.5 Å². The second-order valence-electron chi connectivity index (χ2n) is 4.49. The van der Waals surface area contributed by atoms with Crippen molar-refractivity contribution in [1.82, 2.24) is 9.03 Å². The lowest BCUT2D eigenvalue weighted by Crippen LogP contribution is -2.53. The zero-order valence-corrected chi connectivity index (χ0v) is 12.0. The zero-order valence-electron chi connectivity index (χ0n) is 11.2. The summed E-state index contributed by atoms with van der Waals surface area (Å²) in [7, 11) is -2.51. The number of hydrogen-bond acceptors (Lipinski definition) is 5. The summed E-state index contributed by atoms with van der Waals surface area (Å²) in [6.45, 7) is 3.74. The molecule has 0 radical (unpaired) electrons. The van der Waals surface area contributed by atoms with Crippen molar-refractivity contribution in [2.45, 2.75) is 32.2 Å². The van der Waals surface area contributed by atoms with Gasteiger partial charge < -0.3 is 14.6 Å². The minimum atomic E-state index is -3.73. The molecule has 1 heterocycles. The lowest BCUT2D eigenvalue weighted by molar-refractivity contribution is -0.147. The average molecular weight is 296 g/mol. The Bertz CT molecular complexity index is 402. The molecule has 1 fully saturated rings. The van der Waals surface area contributed by atoms with E-state index in [0.29, 0.717) is 0 Å². The Morgan fingerprint density at radius 1 is 1.47 bits per heavy atom. The smallest absolute Gasteiger partial charge is 0.334 e. The lowest BCUT2D eigenvalue weighted by atomic mass is 10.3. The van der Waals surface area contributed by atoms with Gasteiger partial charge in [0.2, 0.25) is 0 Å². The molecule has 1 saturated heterocycles. The van der Waals surface area contributed by atoms with Crippen LogP contribution in [0.2, 0.25) is 0 Å². The molecule has 0 amide bonds. The maximum absolute atomic E-state index is 12.0. The number of carboxylic acids is 1. The first-order chi connectivity index (χ1) is 8.76. The summed E-state index contributed by atoms with van der Waals surface area (Å²) in [5.74, 6) is -1.21. The van der Waals surface area contributed by atoms with Crippen LogP contribution in [0.25, 0.3) is 0 Å². The van der Waals surface area contributed by atoms with Crippen molar-refractivity contribution in [2.75, 3.05) is 26.7 Å². The van der Waals surface area contributed by atoms with Gasteiger partial charge in [-0.25, -0.2) is 4.79 Å². The Morgan fingerprint density at radius 3 is 2.42 bits per heavy atom. The highest BCUT2D eigenvalue weighted by Crippen LogP contribution is 2.13. The highest BCUT2D eigenvalue weighted by Gasteiger charge is 2.31. The normalized spacial score (nSPS) is 27.1. The Morgan fingerprint density at radius 2 is 2.00 bits per heavy atom. The molecule has 0 aromatic carbocycles. The van der Waals surface area contributed by atoms with Crippen LogP contribution in [0.5, 0.6) is 0 Å². The van der Waals surface area contributed by atoms with Crippen LogP contribution < -0.4 is 4.72 Å². The third kappa shape index (κ3) is 4.69. The fourth-order valence-electron chi connectivity index (χ4n) is 1.87. The van der Waals surface area contributed by atoms with Crippen molar-refractivity contribution in [2.24, 2.45) is 0 Å². The molecule has 0 aromatic heterocycles. The van der Waals surface area contributed by atoms with Crippen LogP contribution in [0.15, 0.2) is 0 Å². The third-order valence-electron chi connectivity index (χ3n) is 2.74. The van der Waals surface area contributed by atoms with E-state index in [0.717, 1.165) is 0 Å². The van der Waals surface area contributed by atoms with Crippen molar-refractivity contribution in [3.63, 3.8) is 0 Å². The van der Waals surface area contributed by atoms with E-state index in [1.165, 1.54) is 11.4 Å². The maximum Gasteiger partial charge on any atom is 0.334 e. The van der Waals surface area contributed by atoms with E-state index in [9.17, 15) is 13.2 Å². The van der Waals surface area contributed by atoms with Gasteiger partial charge in [0.25, 0.3) is 10.2 Å². The summed E-state index contributed by atoms with van der Waals surface area (Å²) in [5, 5.41) is 8.77. The minimum Gasteiger partial charge on any atom is -0.479 e. The zero-order chi connectivity index (χ0) is 14.6. The van der Waals surface area contributed by atoms with Crippen molar-refractivity contribution in [3.05, 3.63) is 0 Å². The molecule has 8 nitrogen and oxygen atoms in total. The molecule has 0 aliphatic carbocycles. The van der Waals surface area contributed by atoms with Crippen molar-refractivity contribution >= 4 is 16.2 Å². The van der Waals surface area contributed by atoms with Gasteiger partial charge in [-0.05, 0) is 13.8 Å². The van der Waals surface area contributed by atoms with Crippen molar-refractivity contribution in [1.29, 1.82) is 0 Å². The van der Waals surface area contributed by atoms with Crippen molar-refractivity contribution < 1.29 is 27.8 Å². The number of hydrogen-bond donors (Lipinski definition) is 2. The molecule has 0 spiro atoms. The fourth-order valence-corrected chi connectivity index (χ4v) is 3.23. The van der Waals surface area contributed by atoms with E-state index >= 15 is 0 Å². The lowest BCUT2D eigenvalue weighted by Gasteiger charge is -2.34. The van der Waals surface area contributed by atoms with Crippen LogP contribution in [0.3, 0.4) is 0 Å². The van der Waals surface area contributed by atoms with Gasteiger partial charge in [-0.1, -0.05) is 0 Å². The number of carbonyl (C=O) groups is 1. The van der Waals surface area contributed by atoms with Crippen LogP contribution in [0.1, 0.15) is 13.8 Å². The molecule has 3 unspecified atom stereocenters. The summed E-state index contributed by atoms with van der Waals surface area (Å²) < 4.78 is 37.7. The summed E-state index contributed by atoms with van der Waals surface area (Å²) in [5.41, 5.74) is 0. The molecule has 0 saturated carbocycles. The van der Waals surface area contributed by atoms with Gasteiger partial charge in [0.1, 0.15) is 0 Å². The highest BCUT2D eigenvalue weighted by atomic mass is 32.2. The third-order valence-corrected chi connectivity index (χ3v) is 4.25. The number of rotatable bonds is 6. The fraction of sp³-hybridized carbons (Fsp3) is 0.900. The van der Waals surface area contributed by atoms with Gasteiger partial charge in [-0.15, -0.1) is 0 Å². The van der Waals surface area contributed by atoms with Crippen LogP contribution >= 0.6 is 0 Å². The summed E-state index contributed by atoms with van der Waals surface area (Å²) in [6, 6.07) is 0. The van der Waals surface area contributed by atoms with Crippen LogP contribution in [0.4, 0.5) is 0 Å². The molecular weight excluding hydrogens is 276 g/mol. The standard InChI is InChI=1S/C10H20N2O6S/c1-7-5-12(6-8(2)18-7)19(15,16)11-4-9(17-3)10(13)14/h7-9,11H,4-6H2,1-3H3,(H,13,14). The number of carboxylic acid groups (broad SMARTS) is 1. The molecule has 0 aromatic rings. The molecule has 1 aliphatic heterocycles. The quantitative estimate of drug-likeness (QED) is 0.653. The topological polar surface area (TPSA) is 105 Å². The van der Waals surface area contributed by atoms with Crippen molar-refractivity contribution in [3.8, 4) is 0 Å². The molecular formula is C10H20N2O6S. The van der Waals surface area contributed by atoms with Gasteiger partial charge in [-0.2, -0.15) is 17.4 Å². The van der Waals surface area contributed by atoms with Crippen LogP contribution in [-0.4, -0.2) is 68.9 Å². The predicted octanol–water partition coefficient (Wildman–Crippen LogP) is -0.970. The first-order valence-electron chi connectivity index (χ1n) is 5.92. The predicted molar refractivity (Wildman–Crippen MR) is 66.9 cm³/mol. The van der Waals surface area contributed by atoms with Gasteiger partial charge in [0.15, 0.2) is 6.10 Å². The van der Waals surface area contributed by atoms with E-state index in [4.69, 9.17) is 9.84 Å². The first-order valence-corrected chi connectivity index (χ1v) is 7.36. The molecule has 9 heteroatoms. The second-order valence-corrected chi connectivity index (χ2v) is 6.25. The Kier molecular flexibility index (Phi) is 5.68. The molecule has 1 aliphatic rings. The van der Waals surface area contributed by atoms with Gasteiger partial charge in [-0.3, -0.25) is 0 Å². The molecule has 1 rings (SSSR count). The summed E-state index contributed by atoms with van der Waals surface area (Å²) in [4.78, 5) is 10.7. The first kappa shape index (κ1) is 16.3. The number of methoxy groups -OCH3 is 1. The van der Waals surface area contributed by atoms with E-state index < -0.39 is 22.3 Å². The van der Waals surface area contributed by atoms with E-state index in [1.54, 1.807) is 13.8 Å². The summed E-state index contributed by atoms with van der Waals surface area (Å²) >= 11 is 0. The molecule has 2 N–H and O–H groups in total. The van der Waals surface area contributed by atoms with Gasteiger partial charge in [0, 0.05) is 26.7 Å². The Balaban J connectivity index is 2.62. The highest BCUT2D eigenvalue weighted by molar-refractivity contribution is 7.87. The molecule has 3 atom stereocenters. The molecule has 19 heavy (non-hydrogen) atoms. The number of morpholine rings is 1. The number of aliphatic carboxylic acids is 1. The molecule has 0 bridgehead atoms. The monoisotopic (exact) mass is 296 g/mol. The average Bonchev–Trinajstić information content (AvgIpc) is 2.27.